The molecule has 1 unspecified atom stereocenters. The zero-order chi connectivity index (χ0) is 15.0. The minimum absolute atomic E-state index is 0.0437. The van der Waals surface area contributed by atoms with Gasteiger partial charge in [0.15, 0.2) is 0 Å². The monoisotopic (exact) mass is 288 g/mol. The first kappa shape index (κ1) is 16.9. The van der Waals surface area contributed by atoms with Crippen LogP contribution in [0, 0.1) is 0 Å². The summed E-state index contributed by atoms with van der Waals surface area (Å²) in [6.45, 7) is 1.46. The Bertz CT molecular complexity index is 316. The number of carboxylic acid groups (broad SMARTS) is 1. The molecule has 1 heterocycles. The summed E-state index contributed by atoms with van der Waals surface area (Å²) >= 11 is 0. The van der Waals surface area contributed by atoms with Crippen molar-refractivity contribution in [2.45, 2.75) is 37.8 Å². The van der Waals surface area contributed by atoms with E-state index in [-0.39, 0.29) is 18.6 Å². The summed E-state index contributed by atoms with van der Waals surface area (Å²) < 4.78 is 10.2. The molecule has 1 aliphatic heterocycles. The van der Waals surface area contributed by atoms with Crippen LogP contribution in [-0.2, 0) is 19.1 Å². The highest BCUT2D eigenvalue weighted by Crippen LogP contribution is 2.15. The number of piperidine rings is 1. The Balaban J connectivity index is 2.26. The molecule has 1 atom stereocenters. The smallest absolute Gasteiger partial charge is 0.329 e. The highest BCUT2D eigenvalue weighted by Gasteiger charge is 2.26. The summed E-state index contributed by atoms with van der Waals surface area (Å²) in [5.74, 6) is -1.01. The van der Waals surface area contributed by atoms with Crippen molar-refractivity contribution < 1.29 is 24.2 Å². The van der Waals surface area contributed by atoms with Crippen LogP contribution in [0.15, 0.2) is 0 Å². The van der Waals surface area contributed by atoms with Gasteiger partial charge in [0, 0.05) is 26.8 Å². The first-order chi connectivity index (χ1) is 9.54. The van der Waals surface area contributed by atoms with Crippen LogP contribution in [0.3, 0.4) is 0 Å². The highest BCUT2D eigenvalue weighted by atomic mass is 16.5. The quantitative estimate of drug-likeness (QED) is 0.601. The van der Waals surface area contributed by atoms with Gasteiger partial charge in [0.2, 0.25) is 5.91 Å². The van der Waals surface area contributed by atoms with E-state index in [9.17, 15) is 9.59 Å². The molecule has 1 fully saturated rings. The van der Waals surface area contributed by atoms with Gasteiger partial charge in [-0.25, -0.2) is 4.79 Å². The van der Waals surface area contributed by atoms with Gasteiger partial charge in [-0.1, -0.05) is 0 Å². The van der Waals surface area contributed by atoms with Gasteiger partial charge in [-0.3, -0.25) is 4.79 Å². The minimum atomic E-state index is -0.969. The number of carboxylic acids is 1. The molecule has 0 aliphatic carbocycles. The molecule has 7 nitrogen and oxygen atoms in total. The first-order valence-electron chi connectivity index (χ1n) is 6.91. The Morgan fingerprint density at radius 2 is 2.05 bits per heavy atom. The van der Waals surface area contributed by atoms with Crippen molar-refractivity contribution in [2.24, 2.45) is 5.73 Å². The molecule has 1 aliphatic rings. The maximum atomic E-state index is 12.1. The van der Waals surface area contributed by atoms with Crippen molar-refractivity contribution in [3.05, 3.63) is 0 Å². The molecule has 0 aromatic heterocycles. The summed E-state index contributed by atoms with van der Waals surface area (Å²) in [4.78, 5) is 24.2. The van der Waals surface area contributed by atoms with Crippen LogP contribution in [0.25, 0.3) is 0 Å². The summed E-state index contributed by atoms with van der Waals surface area (Å²) in [5, 5.41) is 8.54. The number of rotatable bonds is 8. The van der Waals surface area contributed by atoms with E-state index in [1.54, 1.807) is 12.0 Å². The number of amides is 1. The average Bonchev–Trinajstić information content (AvgIpc) is 2.45. The number of hydrogen-bond donors (Lipinski definition) is 2. The molecule has 1 saturated heterocycles. The lowest BCUT2D eigenvalue weighted by Gasteiger charge is -2.33. The summed E-state index contributed by atoms with van der Waals surface area (Å²) in [7, 11) is 1.62. The number of ether oxygens (including phenoxy) is 2. The third-order valence-corrected chi connectivity index (χ3v) is 3.38. The van der Waals surface area contributed by atoms with Crippen molar-refractivity contribution in [3.63, 3.8) is 0 Å². The maximum absolute atomic E-state index is 12.1. The first-order valence-corrected chi connectivity index (χ1v) is 6.91. The SMILES string of the molecule is COCCCC(N)C(=O)N1CCC(OCC(=O)O)CC1. The fourth-order valence-corrected chi connectivity index (χ4v) is 2.24. The van der Waals surface area contributed by atoms with Crippen molar-refractivity contribution in [1.82, 2.24) is 4.90 Å². The van der Waals surface area contributed by atoms with E-state index in [1.165, 1.54) is 0 Å². The molecule has 3 N–H and O–H groups in total. The van der Waals surface area contributed by atoms with Crippen LogP contribution in [0.5, 0.6) is 0 Å². The zero-order valence-electron chi connectivity index (χ0n) is 11.9. The van der Waals surface area contributed by atoms with Crippen molar-refractivity contribution >= 4 is 11.9 Å². The normalized spacial score (nSPS) is 18.0. The van der Waals surface area contributed by atoms with Gasteiger partial charge in [0.1, 0.15) is 6.61 Å². The number of carbonyl (C=O) groups excluding carboxylic acids is 1. The largest absolute Gasteiger partial charge is 0.480 e. The predicted molar refractivity (Wildman–Crippen MR) is 72.3 cm³/mol. The number of carbonyl (C=O) groups is 2. The molecule has 7 heteroatoms. The maximum Gasteiger partial charge on any atom is 0.329 e. The standard InChI is InChI=1S/C13H24N2O5/c1-19-8-2-3-11(14)13(18)15-6-4-10(5-7-15)20-9-12(16)17/h10-11H,2-9,14H2,1H3,(H,16,17). The third kappa shape index (κ3) is 5.85. The summed E-state index contributed by atoms with van der Waals surface area (Å²) in [5.41, 5.74) is 5.87. The molecule has 1 rings (SSSR count). The van der Waals surface area contributed by atoms with Gasteiger partial charge >= 0.3 is 5.97 Å². The van der Waals surface area contributed by atoms with Crippen molar-refractivity contribution in [3.8, 4) is 0 Å². The Hall–Kier alpha value is -1.18. The van der Waals surface area contributed by atoms with Gasteiger partial charge in [-0.15, -0.1) is 0 Å². The van der Waals surface area contributed by atoms with Gasteiger partial charge in [0.05, 0.1) is 12.1 Å². The van der Waals surface area contributed by atoms with Gasteiger partial charge < -0.3 is 25.2 Å². The molecular formula is C13H24N2O5. The van der Waals surface area contributed by atoms with Gasteiger partial charge in [-0.2, -0.15) is 0 Å². The Labute approximate surface area is 119 Å². The van der Waals surface area contributed by atoms with E-state index < -0.39 is 12.0 Å². The number of aliphatic carboxylic acids is 1. The summed E-state index contributed by atoms with van der Waals surface area (Å²) in [6, 6.07) is -0.485. The van der Waals surface area contributed by atoms with Gasteiger partial charge in [-0.05, 0) is 25.7 Å². The molecule has 116 valence electrons. The Kier molecular flexibility index (Phi) is 7.50. The van der Waals surface area contributed by atoms with Gasteiger partial charge in [0.25, 0.3) is 0 Å². The number of likely N-dealkylation sites (tertiary alicyclic amines) is 1. The fraction of sp³-hybridized carbons (Fsp3) is 0.846. The van der Waals surface area contributed by atoms with E-state index in [2.05, 4.69) is 0 Å². The molecule has 1 amide bonds. The third-order valence-electron chi connectivity index (χ3n) is 3.38. The topological polar surface area (TPSA) is 102 Å². The molecular weight excluding hydrogens is 264 g/mol. The second kappa shape index (κ2) is 8.89. The number of nitrogens with zero attached hydrogens (tertiary/aromatic N) is 1. The van der Waals surface area contributed by atoms with E-state index >= 15 is 0 Å². The molecule has 0 saturated carbocycles. The number of nitrogens with two attached hydrogens (primary N) is 1. The average molecular weight is 288 g/mol. The lowest BCUT2D eigenvalue weighted by molar-refractivity contribution is -0.147. The molecule has 0 radical (unpaired) electrons. The molecule has 0 bridgehead atoms. The van der Waals surface area contributed by atoms with Crippen LogP contribution in [-0.4, -0.2) is 67.4 Å². The highest BCUT2D eigenvalue weighted by molar-refractivity contribution is 5.81. The number of methoxy groups -OCH3 is 1. The zero-order valence-corrected chi connectivity index (χ0v) is 11.9. The Morgan fingerprint density at radius 3 is 2.60 bits per heavy atom. The van der Waals surface area contributed by atoms with Crippen LogP contribution in [0.2, 0.25) is 0 Å². The number of hydrogen-bond acceptors (Lipinski definition) is 5. The van der Waals surface area contributed by atoms with E-state index in [4.69, 9.17) is 20.3 Å². The molecule has 0 aromatic rings. The van der Waals surface area contributed by atoms with Crippen LogP contribution in [0.1, 0.15) is 25.7 Å². The molecule has 0 spiro atoms. The van der Waals surface area contributed by atoms with Crippen LogP contribution >= 0.6 is 0 Å². The van der Waals surface area contributed by atoms with Crippen molar-refractivity contribution in [2.75, 3.05) is 33.4 Å². The molecule has 20 heavy (non-hydrogen) atoms. The second-order valence-electron chi connectivity index (χ2n) is 4.97. The lowest BCUT2D eigenvalue weighted by atomic mass is 10.1. The van der Waals surface area contributed by atoms with E-state index in [1.807, 2.05) is 0 Å². The van der Waals surface area contributed by atoms with Crippen molar-refractivity contribution in [1.29, 1.82) is 0 Å². The van der Waals surface area contributed by atoms with Crippen LogP contribution < -0.4 is 5.73 Å². The summed E-state index contributed by atoms with van der Waals surface area (Å²) in [6.07, 6.45) is 2.61. The molecule has 0 aromatic carbocycles. The lowest BCUT2D eigenvalue weighted by Crippen LogP contribution is -2.48. The van der Waals surface area contributed by atoms with Crippen LogP contribution in [0.4, 0.5) is 0 Å². The predicted octanol–water partition coefficient (Wildman–Crippen LogP) is -0.167. The Morgan fingerprint density at radius 1 is 1.40 bits per heavy atom. The fourth-order valence-electron chi connectivity index (χ4n) is 2.24. The van der Waals surface area contributed by atoms with E-state index in [0.717, 1.165) is 6.42 Å². The minimum Gasteiger partial charge on any atom is -0.480 e. The van der Waals surface area contributed by atoms with E-state index in [0.29, 0.717) is 39.0 Å². The second-order valence-corrected chi connectivity index (χ2v) is 4.97.